The summed E-state index contributed by atoms with van der Waals surface area (Å²) in [6, 6.07) is 19.7. The molecule has 3 amide bonds. The molecule has 2 aromatic carbocycles. The van der Waals surface area contributed by atoms with Crippen LogP contribution in [0, 0.1) is 17.2 Å². The van der Waals surface area contributed by atoms with Crippen LogP contribution in [0.3, 0.4) is 0 Å². The number of nitrogen functional groups attached to an aromatic ring is 1. The number of rotatable bonds is 10. The molecule has 5 heterocycles. The van der Waals surface area contributed by atoms with Gasteiger partial charge in [-0.15, -0.1) is 0 Å². The first-order valence-corrected chi connectivity index (χ1v) is 21.5. The molecular weight excluding hydrogens is 757 g/mol. The zero-order valence-electron chi connectivity index (χ0n) is 34.6. The van der Waals surface area contributed by atoms with Crippen LogP contribution < -0.4 is 21.3 Å². The fourth-order valence-corrected chi connectivity index (χ4v) is 9.53. The van der Waals surface area contributed by atoms with Crippen LogP contribution in [-0.4, -0.2) is 106 Å². The molecule has 4 fully saturated rings. The normalized spacial score (nSPS) is 22.6. The molecule has 3 saturated heterocycles. The Balaban J connectivity index is 0.799. The molecule has 5 N–H and O–H groups in total. The predicted molar refractivity (Wildman–Crippen MR) is 232 cm³/mol. The van der Waals surface area contributed by atoms with Crippen molar-refractivity contribution < 1.29 is 19.5 Å². The first-order valence-electron chi connectivity index (χ1n) is 21.5. The van der Waals surface area contributed by atoms with E-state index in [0.29, 0.717) is 64.1 Å². The van der Waals surface area contributed by atoms with E-state index >= 15 is 0 Å². The van der Waals surface area contributed by atoms with Crippen molar-refractivity contribution in [2.45, 2.75) is 88.8 Å². The second-order valence-corrected chi connectivity index (χ2v) is 17.6. The Bertz CT molecular complexity index is 2300. The van der Waals surface area contributed by atoms with E-state index in [0.717, 1.165) is 89.9 Å². The number of nitrogens with one attached hydrogen (secondary N) is 2. The minimum atomic E-state index is -1.27. The first-order chi connectivity index (χ1) is 28.9. The second kappa shape index (κ2) is 17.5. The lowest BCUT2D eigenvalue weighted by atomic mass is 9.89. The van der Waals surface area contributed by atoms with Crippen LogP contribution in [0.15, 0.2) is 65.8 Å². The Morgan fingerprint density at radius 3 is 2.48 bits per heavy atom. The number of aromatic nitrogens is 2. The van der Waals surface area contributed by atoms with Gasteiger partial charge in [-0.1, -0.05) is 12.1 Å². The molecule has 8 rings (SSSR count). The van der Waals surface area contributed by atoms with Gasteiger partial charge in [0.2, 0.25) is 11.8 Å². The van der Waals surface area contributed by atoms with Gasteiger partial charge < -0.3 is 26.0 Å². The third kappa shape index (κ3) is 9.23. The van der Waals surface area contributed by atoms with Gasteiger partial charge in [0, 0.05) is 92.7 Å². The van der Waals surface area contributed by atoms with Crippen LogP contribution in [0.1, 0.15) is 104 Å². The van der Waals surface area contributed by atoms with Gasteiger partial charge in [-0.3, -0.25) is 29.6 Å². The first kappa shape index (κ1) is 41.1. The molecule has 14 nitrogen and oxygen atoms in total. The van der Waals surface area contributed by atoms with Crippen molar-refractivity contribution in [3.05, 3.63) is 88.7 Å². The highest BCUT2D eigenvalue weighted by atomic mass is 16.3. The third-order valence-electron chi connectivity index (χ3n) is 13.0. The predicted octanol–water partition coefficient (Wildman–Crippen LogP) is 5.05. The number of piperidine rings is 2. The molecule has 0 unspecified atom stereocenters. The molecule has 4 aliphatic rings. The van der Waals surface area contributed by atoms with Crippen LogP contribution in [0.4, 0.5) is 17.1 Å². The lowest BCUT2D eigenvalue weighted by Crippen LogP contribution is -2.52. The zero-order valence-corrected chi connectivity index (χ0v) is 34.6. The molecule has 1 saturated carbocycles. The lowest BCUT2D eigenvalue weighted by molar-refractivity contribution is -0.134. The van der Waals surface area contributed by atoms with Crippen molar-refractivity contribution in [2.75, 3.05) is 61.8 Å². The van der Waals surface area contributed by atoms with Crippen molar-refractivity contribution in [3.63, 3.8) is 0 Å². The molecule has 2 aromatic heterocycles. The molecule has 0 bridgehead atoms. The number of aliphatic hydroxyl groups is 1. The summed E-state index contributed by atoms with van der Waals surface area (Å²) in [5.74, 6) is -0.335. The number of nitrogens with zero attached hydrogens (tertiary/aromatic N) is 7. The molecule has 1 aliphatic carbocycles. The largest absolute Gasteiger partial charge is 0.398 e. The van der Waals surface area contributed by atoms with E-state index in [9.17, 15) is 24.8 Å². The summed E-state index contributed by atoms with van der Waals surface area (Å²) in [5, 5.41) is 30.0. The number of anilines is 3. The number of nitrogens with two attached hydrogens (primary N) is 1. The summed E-state index contributed by atoms with van der Waals surface area (Å²) in [5.41, 5.74) is 10.8. The number of piperazine rings is 1. The molecule has 4 aromatic rings. The van der Waals surface area contributed by atoms with E-state index in [1.54, 1.807) is 44.2 Å². The average Bonchev–Trinajstić information content (AvgIpc) is 3.68. The summed E-state index contributed by atoms with van der Waals surface area (Å²) in [6.07, 6.45) is 10.7. The summed E-state index contributed by atoms with van der Waals surface area (Å²) in [6.45, 7) is 10.9. The quantitative estimate of drug-likeness (QED) is 0.0960. The molecule has 3 aliphatic heterocycles. The maximum absolute atomic E-state index is 13.5. The van der Waals surface area contributed by atoms with Gasteiger partial charge in [0.1, 0.15) is 11.8 Å². The highest BCUT2D eigenvalue weighted by Crippen LogP contribution is 2.34. The van der Waals surface area contributed by atoms with Gasteiger partial charge in [0.25, 0.3) is 5.91 Å². The van der Waals surface area contributed by atoms with Gasteiger partial charge in [0.15, 0.2) is 0 Å². The number of nitriles is 1. The number of carbonyl (C=O) groups is 3. The summed E-state index contributed by atoms with van der Waals surface area (Å²) in [7, 11) is 0. The topological polar surface area (TPSA) is 185 Å². The Hall–Kier alpha value is -5.62. The maximum atomic E-state index is 13.5. The SMILES string of the molecule is CC(C)(O)c1cc(N)c(C=NC2CCC(N3CCN(CC4CCN(c5cccc([C@H]6CCC(=O)NC6=O)c5)CC4)CC3)CC2)cc1NC(=O)c1ccc2cc(C#N)cnn12. The number of imide groups is 1. The number of hydrogen-bond acceptors (Lipinski definition) is 11. The van der Waals surface area contributed by atoms with Crippen molar-refractivity contribution in [1.82, 2.24) is 24.7 Å². The van der Waals surface area contributed by atoms with E-state index in [4.69, 9.17) is 10.7 Å². The minimum absolute atomic E-state index is 0.178. The van der Waals surface area contributed by atoms with Gasteiger partial charge in [-0.05, 0) is 113 Å². The maximum Gasteiger partial charge on any atom is 0.274 e. The molecular formula is C46H56N10O4. The Morgan fingerprint density at radius 2 is 1.77 bits per heavy atom. The van der Waals surface area contributed by atoms with Crippen LogP contribution in [0.25, 0.3) is 5.52 Å². The van der Waals surface area contributed by atoms with E-state index in [1.807, 2.05) is 18.3 Å². The average molecular weight is 813 g/mol. The highest BCUT2D eigenvalue weighted by Gasteiger charge is 2.32. The van der Waals surface area contributed by atoms with Crippen molar-refractivity contribution in [1.29, 1.82) is 5.26 Å². The summed E-state index contributed by atoms with van der Waals surface area (Å²) >= 11 is 0. The van der Waals surface area contributed by atoms with E-state index in [-0.39, 0.29) is 23.8 Å². The van der Waals surface area contributed by atoms with Gasteiger partial charge in [-0.25, -0.2) is 4.52 Å². The van der Waals surface area contributed by atoms with E-state index in [2.05, 4.69) is 48.6 Å². The molecule has 14 heteroatoms. The number of aliphatic imine (C=N–C) groups is 1. The Morgan fingerprint density at radius 1 is 1.00 bits per heavy atom. The second-order valence-electron chi connectivity index (χ2n) is 17.6. The van der Waals surface area contributed by atoms with E-state index < -0.39 is 11.5 Å². The van der Waals surface area contributed by atoms with Crippen molar-refractivity contribution in [2.24, 2.45) is 10.9 Å². The summed E-state index contributed by atoms with van der Waals surface area (Å²) < 4.78 is 1.48. The molecule has 60 heavy (non-hydrogen) atoms. The third-order valence-corrected chi connectivity index (χ3v) is 13.0. The fourth-order valence-electron chi connectivity index (χ4n) is 9.53. The van der Waals surface area contributed by atoms with Crippen LogP contribution in [0.2, 0.25) is 0 Å². The van der Waals surface area contributed by atoms with Gasteiger partial charge in [-0.2, -0.15) is 10.4 Å². The van der Waals surface area contributed by atoms with Crippen molar-refractivity contribution >= 4 is 46.5 Å². The van der Waals surface area contributed by atoms with Crippen LogP contribution in [-0.2, 0) is 15.2 Å². The van der Waals surface area contributed by atoms with Gasteiger partial charge in [0.05, 0.1) is 34.8 Å². The summed E-state index contributed by atoms with van der Waals surface area (Å²) in [4.78, 5) is 50.4. The molecule has 0 radical (unpaired) electrons. The standard InChI is InChI=1S/C46H56N10O4/c1-46(2,60)39-25-40(48)33(24-41(39)51-45(59)42-12-10-37-22-31(26-47)27-50-56(37)42)28-49-34-6-8-35(9-7-34)55-20-18-53(19-21-55)29-30-14-16-54(17-15-30)36-5-3-4-32(23-36)38-11-13-43(57)52-44(38)58/h3-5,10,12,22-25,27-28,30,34-35,38,60H,6-9,11,13-21,29,48H2,1-2H3,(H,51,59)(H,52,57,58)/t34?,35?,38-/m1/s1. The van der Waals surface area contributed by atoms with Gasteiger partial charge >= 0.3 is 0 Å². The number of carbonyl (C=O) groups excluding carboxylic acids is 3. The Labute approximate surface area is 351 Å². The lowest BCUT2D eigenvalue weighted by Gasteiger charge is -2.43. The monoisotopic (exact) mass is 812 g/mol. The minimum Gasteiger partial charge on any atom is -0.398 e. The molecule has 1 atom stereocenters. The van der Waals surface area contributed by atoms with Crippen LogP contribution in [0.5, 0.6) is 0 Å². The Kier molecular flexibility index (Phi) is 12.0. The number of hydrogen-bond donors (Lipinski definition) is 4. The fraction of sp³-hybridized carbons (Fsp3) is 0.478. The number of amides is 3. The number of fused-ring (bicyclic) bond motifs is 1. The molecule has 0 spiro atoms. The zero-order chi connectivity index (χ0) is 42.0. The number of benzene rings is 2. The van der Waals surface area contributed by atoms with Crippen LogP contribution >= 0.6 is 0 Å². The van der Waals surface area contributed by atoms with E-state index in [1.165, 1.54) is 16.4 Å². The molecule has 314 valence electrons. The smallest absolute Gasteiger partial charge is 0.274 e. The highest BCUT2D eigenvalue weighted by molar-refractivity contribution is 6.05. The van der Waals surface area contributed by atoms with Crippen molar-refractivity contribution in [3.8, 4) is 6.07 Å².